The molecule has 104 valence electrons. The molecule has 0 unspecified atom stereocenters. The zero-order valence-electron chi connectivity index (χ0n) is 11.7. The van der Waals surface area contributed by atoms with Crippen molar-refractivity contribution in [3.63, 3.8) is 0 Å². The van der Waals surface area contributed by atoms with Gasteiger partial charge in [-0.05, 0) is 19.0 Å². The van der Waals surface area contributed by atoms with Crippen LogP contribution in [0.2, 0.25) is 0 Å². The molecule has 2 rings (SSSR count). The van der Waals surface area contributed by atoms with E-state index in [1.165, 1.54) is 6.42 Å². The van der Waals surface area contributed by atoms with Gasteiger partial charge in [0.2, 0.25) is 0 Å². The minimum atomic E-state index is 0.0774. The van der Waals surface area contributed by atoms with E-state index in [0.29, 0.717) is 5.56 Å². The number of aromatic nitrogens is 1. The quantitative estimate of drug-likeness (QED) is 0.888. The van der Waals surface area contributed by atoms with Gasteiger partial charge in [0.25, 0.3) is 5.91 Å². The minimum Gasteiger partial charge on any atom is -0.387 e. The van der Waals surface area contributed by atoms with Gasteiger partial charge in [-0.2, -0.15) is 0 Å². The predicted molar refractivity (Wildman–Crippen MR) is 76.4 cm³/mol. The molecule has 1 aromatic heterocycles. The Labute approximate surface area is 114 Å². The molecule has 0 spiro atoms. The highest BCUT2D eigenvalue weighted by Crippen LogP contribution is 2.16. The van der Waals surface area contributed by atoms with Gasteiger partial charge in [0.15, 0.2) is 0 Å². The second-order valence-corrected chi connectivity index (χ2v) is 4.81. The fourth-order valence-electron chi connectivity index (χ4n) is 2.44. The molecule has 1 amide bonds. The van der Waals surface area contributed by atoms with Crippen LogP contribution in [-0.4, -0.2) is 60.5 Å². The molecule has 1 aliphatic heterocycles. The SMILES string of the molecule is CCCN1CCN(C(=O)c2cnccc2NC)CC1. The smallest absolute Gasteiger partial charge is 0.257 e. The van der Waals surface area contributed by atoms with Crippen LogP contribution >= 0.6 is 0 Å². The van der Waals surface area contributed by atoms with E-state index in [1.54, 1.807) is 12.4 Å². The van der Waals surface area contributed by atoms with Crippen LogP contribution in [0.4, 0.5) is 5.69 Å². The molecular weight excluding hydrogens is 240 g/mol. The molecule has 0 atom stereocenters. The first-order chi connectivity index (χ1) is 9.26. The summed E-state index contributed by atoms with van der Waals surface area (Å²) in [5.41, 5.74) is 1.50. The first-order valence-electron chi connectivity index (χ1n) is 6.89. The van der Waals surface area contributed by atoms with Gasteiger partial charge >= 0.3 is 0 Å². The highest BCUT2D eigenvalue weighted by Gasteiger charge is 2.23. The number of pyridine rings is 1. The van der Waals surface area contributed by atoms with Crippen molar-refractivity contribution in [1.82, 2.24) is 14.8 Å². The van der Waals surface area contributed by atoms with Crippen molar-refractivity contribution in [2.24, 2.45) is 0 Å². The number of nitrogens with one attached hydrogen (secondary N) is 1. The third kappa shape index (κ3) is 3.23. The second kappa shape index (κ2) is 6.52. The Morgan fingerprint density at radius 3 is 2.74 bits per heavy atom. The summed E-state index contributed by atoms with van der Waals surface area (Å²) in [4.78, 5) is 20.9. The van der Waals surface area contributed by atoms with E-state index in [2.05, 4.69) is 22.1 Å². The number of carbonyl (C=O) groups is 1. The van der Waals surface area contributed by atoms with E-state index in [4.69, 9.17) is 0 Å². The Hall–Kier alpha value is -1.62. The lowest BCUT2D eigenvalue weighted by Crippen LogP contribution is -2.48. The van der Waals surface area contributed by atoms with E-state index in [-0.39, 0.29) is 5.91 Å². The fraction of sp³-hybridized carbons (Fsp3) is 0.571. The maximum Gasteiger partial charge on any atom is 0.257 e. The molecule has 1 fully saturated rings. The van der Waals surface area contributed by atoms with Crippen LogP contribution in [0.25, 0.3) is 0 Å². The summed E-state index contributed by atoms with van der Waals surface area (Å²) < 4.78 is 0. The van der Waals surface area contributed by atoms with Crippen LogP contribution in [0.1, 0.15) is 23.7 Å². The topological polar surface area (TPSA) is 48.5 Å². The number of nitrogens with zero attached hydrogens (tertiary/aromatic N) is 3. The summed E-state index contributed by atoms with van der Waals surface area (Å²) >= 11 is 0. The standard InChI is InChI=1S/C14H22N4O/c1-3-6-17-7-9-18(10-8-17)14(19)12-11-16-5-4-13(12)15-2/h4-5,11H,3,6-10H2,1-2H3,(H,15,16). The number of amides is 1. The van der Waals surface area contributed by atoms with Crippen molar-refractivity contribution in [2.75, 3.05) is 45.1 Å². The molecule has 1 N–H and O–H groups in total. The monoisotopic (exact) mass is 262 g/mol. The first-order valence-corrected chi connectivity index (χ1v) is 6.89. The van der Waals surface area contributed by atoms with Crippen LogP contribution in [0.15, 0.2) is 18.5 Å². The number of piperazine rings is 1. The summed E-state index contributed by atoms with van der Waals surface area (Å²) in [6, 6.07) is 1.83. The Morgan fingerprint density at radius 1 is 1.37 bits per heavy atom. The van der Waals surface area contributed by atoms with Gasteiger partial charge in [0.05, 0.1) is 5.56 Å². The van der Waals surface area contributed by atoms with E-state index < -0.39 is 0 Å². The van der Waals surface area contributed by atoms with Crippen LogP contribution in [0, 0.1) is 0 Å². The van der Waals surface area contributed by atoms with Crippen LogP contribution in [0.5, 0.6) is 0 Å². The molecule has 0 aromatic carbocycles. The number of hydrogen-bond donors (Lipinski definition) is 1. The zero-order chi connectivity index (χ0) is 13.7. The summed E-state index contributed by atoms with van der Waals surface area (Å²) in [6.07, 6.45) is 4.51. The summed E-state index contributed by atoms with van der Waals surface area (Å²) in [7, 11) is 1.82. The summed E-state index contributed by atoms with van der Waals surface area (Å²) in [5.74, 6) is 0.0774. The van der Waals surface area contributed by atoms with Crippen molar-refractivity contribution in [3.05, 3.63) is 24.0 Å². The normalized spacial score (nSPS) is 16.4. The van der Waals surface area contributed by atoms with E-state index in [1.807, 2.05) is 18.0 Å². The Balaban J connectivity index is 2.01. The van der Waals surface area contributed by atoms with Crippen molar-refractivity contribution >= 4 is 11.6 Å². The molecule has 0 aliphatic carbocycles. The average Bonchev–Trinajstić information content (AvgIpc) is 2.47. The average molecular weight is 262 g/mol. The van der Waals surface area contributed by atoms with Crippen LogP contribution in [0.3, 0.4) is 0 Å². The Kier molecular flexibility index (Phi) is 4.74. The lowest BCUT2D eigenvalue weighted by molar-refractivity contribution is 0.0638. The van der Waals surface area contributed by atoms with E-state index in [0.717, 1.165) is 38.4 Å². The molecule has 0 saturated carbocycles. The molecule has 1 aromatic rings. The van der Waals surface area contributed by atoms with E-state index in [9.17, 15) is 4.79 Å². The van der Waals surface area contributed by atoms with Crippen molar-refractivity contribution in [2.45, 2.75) is 13.3 Å². The lowest BCUT2D eigenvalue weighted by atomic mass is 10.2. The molecular formula is C14H22N4O. The molecule has 1 aliphatic rings. The maximum absolute atomic E-state index is 12.5. The van der Waals surface area contributed by atoms with Gasteiger partial charge < -0.3 is 10.2 Å². The van der Waals surface area contributed by atoms with Crippen LogP contribution in [-0.2, 0) is 0 Å². The fourth-order valence-corrected chi connectivity index (χ4v) is 2.44. The van der Waals surface area contributed by atoms with Gasteiger partial charge in [-0.3, -0.25) is 14.7 Å². The minimum absolute atomic E-state index is 0.0774. The molecule has 5 nitrogen and oxygen atoms in total. The van der Waals surface area contributed by atoms with Crippen molar-refractivity contribution in [3.8, 4) is 0 Å². The molecule has 0 bridgehead atoms. The Bertz CT molecular complexity index is 427. The molecule has 1 saturated heterocycles. The van der Waals surface area contributed by atoms with Gasteiger partial charge in [-0.15, -0.1) is 0 Å². The largest absolute Gasteiger partial charge is 0.387 e. The number of carbonyl (C=O) groups excluding carboxylic acids is 1. The second-order valence-electron chi connectivity index (χ2n) is 4.81. The molecule has 2 heterocycles. The molecule has 0 radical (unpaired) electrons. The first kappa shape index (κ1) is 13.8. The number of rotatable bonds is 4. The molecule has 5 heteroatoms. The van der Waals surface area contributed by atoms with Crippen molar-refractivity contribution in [1.29, 1.82) is 0 Å². The highest BCUT2D eigenvalue weighted by atomic mass is 16.2. The third-order valence-electron chi connectivity index (χ3n) is 3.52. The van der Waals surface area contributed by atoms with E-state index >= 15 is 0 Å². The van der Waals surface area contributed by atoms with Gasteiger partial charge in [-0.1, -0.05) is 6.92 Å². The van der Waals surface area contributed by atoms with Gasteiger partial charge in [0, 0.05) is 51.3 Å². The number of hydrogen-bond acceptors (Lipinski definition) is 4. The maximum atomic E-state index is 12.5. The van der Waals surface area contributed by atoms with Gasteiger partial charge in [-0.25, -0.2) is 0 Å². The molecule has 19 heavy (non-hydrogen) atoms. The Morgan fingerprint density at radius 2 is 2.11 bits per heavy atom. The summed E-state index contributed by atoms with van der Waals surface area (Å²) in [5, 5.41) is 3.05. The third-order valence-corrected chi connectivity index (χ3v) is 3.52. The predicted octanol–water partition coefficient (Wildman–Crippen LogP) is 1.29. The highest BCUT2D eigenvalue weighted by molar-refractivity contribution is 5.99. The lowest BCUT2D eigenvalue weighted by Gasteiger charge is -2.34. The van der Waals surface area contributed by atoms with Crippen LogP contribution < -0.4 is 5.32 Å². The number of anilines is 1. The summed E-state index contributed by atoms with van der Waals surface area (Å²) in [6.45, 7) is 6.85. The van der Waals surface area contributed by atoms with Gasteiger partial charge in [0.1, 0.15) is 0 Å². The zero-order valence-corrected chi connectivity index (χ0v) is 11.7. The van der Waals surface area contributed by atoms with Crippen molar-refractivity contribution < 1.29 is 4.79 Å².